The zero-order chi connectivity index (χ0) is 24.1. The van der Waals surface area contributed by atoms with Crippen LogP contribution in [0.25, 0.3) is 0 Å². The summed E-state index contributed by atoms with van der Waals surface area (Å²) in [5.74, 6) is 0.777. The number of piperidine rings is 1. The summed E-state index contributed by atoms with van der Waals surface area (Å²) in [4.78, 5) is 41.7. The van der Waals surface area contributed by atoms with E-state index in [1.807, 2.05) is 18.2 Å². The number of nitrogens with one attached hydrogen (secondary N) is 1. The third-order valence-corrected chi connectivity index (χ3v) is 7.90. The summed E-state index contributed by atoms with van der Waals surface area (Å²) in [6.07, 6.45) is 9.00. The molecule has 1 aromatic rings. The van der Waals surface area contributed by atoms with Crippen molar-refractivity contribution in [2.24, 2.45) is 5.41 Å². The minimum Gasteiger partial charge on any atom is -0.492 e. The molecule has 0 bridgehead atoms. The molecule has 4 rings (SSSR count). The number of benzene rings is 1. The maximum Gasteiger partial charge on any atom is 0.251 e. The fraction of sp³-hybridized carbons (Fsp3) is 0.667. The van der Waals surface area contributed by atoms with E-state index in [2.05, 4.69) is 17.1 Å². The monoisotopic (exact) mass is 469 g/mol. The Morgan fingerprint density at radius 2 is 1.88 bits per heavy atom. The number of rotatable bonds is 9. The van der Waals surface area contributed by atoms with Crippen molar-refractivity contribution in [1.29, 1.82) is 0 Å². The van der Waals surface area contributed by atoms with Crippen LogP contribution in [-0.2, 0) is 16.0 Å². The predicted octanol–water partition coefficient (Wildman–Crippen LogP) is 3.55. The predicted molar refractivity (Wildman–Crippen MR) is 131 cm³/mol. The van der Waals surface area contributed by atoms with Gasteiger partial charge in [0.05, 0.1) is 0 Å². The van der Waals surface area contributed by atoms with Crippen LogP contribution in [0.2, 0.25) is 0 Å². The van der Waals surface area contributed by atoms with Crippen LogP contribution in [0.3, 0.4) is 0 Å². The van der Waals surface area contributed by atoms with Gasteiger partial charge in [-0.15, -0.1) is 0 Å². The Morgan fingerprint density at radius 1 is 1.15 bits per heavy atom. The fourth-order valence-electron chi connectivity index (χ4n) is 6.08. The van der Waals surface area contributed by atoms with E-state index < -0.39 is 0 Å². The number of carbonyl (C=O) groups excluding carboxylic acids is 3. The largest absolute Gasteiger partial charge is 0.492 e. The van der Waals surface area contributed by atoms with Crippen molar-refractivity contribution in [1.82, 2.24) is 15.1 Å². The number of carbonyl (C=O) groups is 3. The number of amides is 3. The van der Waals surface area contributed by atoms with Gasteiger partial charge in [0.2, 0.25) is 11.8 Å². The van der Waals surface area contributed by atoms with Crippen LogP contribution >= 0.6 is 0 Å². The van der Waals surface area contributed by atoms with Gasteiger partial charge in [0.25, 0.3) is 5.91 Å². The molecule has 3 amide bonds. The maximum atomic E-state index is 12.7. The van der Waals surface area contributed by atoms with E-state index in [1.54, 1.807) is 7.05 Å². The average Bonchev–Trinajstić information content (AvgIpc) is 3.28. The van der Waals surface area contributed by atoms with Gasteiger partial charge in [-0.2, -0.15) is 0 Å². The topological polar surface area (TPSA) is 79.0 Å². The summed E-state index contributed by atoms with van der Waals surface area (Å²) in [5, 5.41) is 2.73. The third-order valence-electron chi connectivity index (χ3n) is 7.90. The maximum absolute atomic E-state index is 12.7. The lowest BCUT2D eigenvalue weighted by Gasteiger charge is -2.37. The molecule has 1 aromatic carbocycles. The van der Waals surface area contributed by atoms with Gasteiger partial charge in [0, 0.05) is 43.6 Å². The number of likely N-dealkylation sites (tertiary alicyclic amines) is 1. The molecular formula is C27H39N3O4. The number of unbranched alkanes of at least 4 members (excludes halogenated alkanes) is 1. The third kappa shape index (κ3) is 5.29. The smallest absolute Gasteiger partial charge is 0.251 e. The van der Waals surface area contributed by atoms with Crippen LogP contribution in [0.1, 0.15) is 80.6 Å². The second-order valence-electron chi connectivity index (χ2n) is 10.3. The zero-order valence-corrected chi connectivity index (χ0v) is 20.7. The second kappa shape index (κ2) is 10.9. The van der Waals surface area contributed by atoms with Crippen molar-refractivity contribution in [3.05, 3.63) is 29.3 Å². The Labute approximate surface area is 203 Å². The molecule has 1 N–H and O–H groups in total. The molecule has 3 aliphatic rings. The first-order valence-electron chi connectivity index (χ1n) is 13.0. The highest BCUT2D eigenvalue weighted by atomic mass is 16.5. The number of fused-ring (bicyclic) bond motifs is 1. The SMILES string of the molecule is CCCN(CCCCN1C(=O)CC2(CCCC2)CC1=O)[C@H]1COc2cccc(C(=O)NC)c2C1. The molecule has 2 heterocycles. The molecule has 1 saturated heterocycles. The van der Waals surface area contributed by atoms with E-state index in [4.69, 9.17) is 4.74 Å². The summed E-state index contributed by atoms with van der Waals surface area (Å²) >= 11 is 0. The van der Waals surface area contributed by atoms with Gasteiger partial charge in [-0.25, -0.2) is 0 Å². The van der Waals surface area contributed by atoms with Gasteiger partial charge in [-0.05, 0) is 69.2 Å². The quantitative estimate of drug-likeness (QED) is 0.442. The van der Waals surface area contributed by atoms with Crippen LogP contribution in [0.4, 0.5) is 0 Å². The van der Waals surface area contributed by atoms with Crippen molar-refractivity contribution in [2.45, 2.75) is 77.2 Å². The number of hydrogen-bond donors (Lipinski definition) is 1. The van der Waals surface area contributed by atoms with E-state index >= 15 is 0 Å². The molecule has 1 atom stereocenters. The molecule has 2 aliphatic heterocycles. The Bertz CT molecular complexity index is 889. The van der Waals surface area contributed by atoms with E-state index in [0.29, 0.717) is 31.6 Å². The summed E-state index contributed by atoms with van der Waals surface area (Å²) in [6.45, 7) is 5.15. The van der Waals surface area contributed by atoms with Crippen molar-refractivity contribution in [3.8, 4) is 5.75 Å². The standard InChI is InChI=1S/C27H39N3O4/c1-3-13-29(20-16-22-21(26(33)28-2)9-8-10-23(22)34-19-20)14-6-7-15-30-24(31)17-27(18-25(30)32)11-4-5-12-27/h8-10,20H,3-7,11-19H2,1-2H3,(H,28,33)/t20-/m1/s1. The minimum absolute atomic E-state index is 0.0302. The van der Waals surface area contributed by atoms with Crippen molar-refractivity contribution < 1.29 is 19.1 Å². The summed E-state index contributed by atoms with van der Waals surface area (Å²) in [7, 11) is 1.65. The molecule has 1 aliphatic carbocycles. The van der Waals surface area contributed by atoms with Crippen LogP contribution in [0, 0.1) is 5.41 Å². The van der Waals surface area contributed by atoms with Gasteiger partial charge < -0.3 is 10.1 Å². The van der Waals surface area contributed by atoms with E-state index in [1.165, 1.54) is 4.90 Å². The number of ether oxygens (including phenoxy) is 1. The number of hydrogen-bond acceptors (Lipinski definition) is 5. The summed E-state index contributed by atoms with van der Waals surface area (Å²) in [6, 6.07) is 5.87. The molecule has 7 nitrogen and oxygen atoms in total. The highest BCUT2D eigenvalue weighted by Gasteiger charge is 2.44. The fourth-order valence-corrected chi connectivity index (χ4v) is 6.08. The lowest BCUT2D eigenvalue weighted by Crippen LogP contribution is -2.47. The lowest BCUT2D eigenvalue weighted by molar-refractivity contribution is -0.153. The average molecular weight is 470 g/mol. The first-order valence-corrected chi connectivity index (χ1v) is 13.0. The van der Waals surface area contributed by atoms with E-state index in [9.17, 15) is 14.4 Å². The van der Waals surface area contributed by atoms with Gasteiger partial charge in [0.15, 0.2) is 0 Å². The Morgan fingerprint density at radius 3 is 2.56 bits per heavy atom. The zero-order valence-electron chi connectivity index (χ0n) is 20.7. The molecule has 0 radical (unpaired) electrons. The molecule has 2 fully saturated rings. The Hall–Kier alpha value is -2.41. The number of nitrogens with zero attached hydrogens (tertiary/aromatic N) is 2. The van der Waals surface area contributed by atoms with Crippen molar-refractivity contribution in [2.75, 3.05) is 33.3 Å². The minimum atomic E-state index is -0.0848. The molecule has 1 saturated carbocycles. The van der Waals surface area contributed by atoms with Crippen molar-refractivity contribution in [3.63, 3.8) is 0 Å². The van der Waals surface area contributed by atoms with E-state index in [-0.39, 0.29) is 29.2 Å². The molecule has 1 spiro atoms. The van der Waals surface area contributed by atoms with Gasteiger partial charge >= 0.3 is 0 Å². The first kappa shape index (κ1) is 24.7. The second-order valence-corrected chi connectivity index (χ2v) is 10.3. The molecule has 186 valence electrons. The Kier molecular flexibility index (Phi) is 7.91. The molecule has 0 aromatic heterocycles. The number of imide groups is 1. The lowest BCUT2D eigenvalue weighted by atomic mass is 9.76. The highest BCUT2D eigenvalue weighted by molar-refractivity contribution is 5.98. The highest BCUT2D eigenvalue weighted by Crippen LogP contribution is 2.46. The molecule has 7 heteroatoms. The van der Waals surface area contributed by atoms with Crippen LogP contribution in [0.15, 0.2) is 18.2 Å². The first-order chi connectivity index (χ1) is 16.5. The molecule has 34 heavy (non-hydrogen) atoms. The van der Waals surface area contributed by atoms with Crippen LogP contribution in [-0.4, -0.2) is 66.9 Å². The summed E-state index contributed by atoms with van der Waals surface area (Å²) in [5.41, 5.74) is 1.63. The molecule has 0 unspecified atom stereocenters. The van der Waals surface area contributed by atoms with Gasteiger partial charge in [-0.3, -0.25) is 24.2 Å². The van der Waals surface area contributed by atoms with Gasteiger partial charge in [-0.1, -0.05) is 25.8 Å². The van der Waals surface area contributed by atoms with Crippen LogP contribution in [0.5, 0.6) is 5.75 Å². The van der Waals surface area contributed by atoms with Crippen molar-refractivity contribution >= 4 is 17.7 Å². The normalized spacial score (nSPS) is 21.6. The summed E-state index contributed by atoms with van der Waals surface area (Å²) < 4.78 is 6.05. The Balaban J connectivity index is 1.31. The van der Waals surface area contributed by atoms with E-state index in [0.717, 1.165) is 75.8 Å². The van der Waals surface area contributed by atoms with Gasteiger partial charge in [0.1, 0.15) is 12.4 Å². The molecular weight excluding hydrogens is 430 g/mol. The van der Waals surface area contributed by atoms with Crippen LogP contribution < -0.4 is 10.1 Å².